The molecule has 0 aliphatic carbocycles. The van der Waals surface area contributed by atoms with Gasteiger partial charge in [-0.2, -0.15) is 13.5 Å². The average Bonchev–Trinajstić information content (AvgIpc) is 2.63. The molecule has 4 heteroatoms. The molecule has 0 aliphatic rings. The van der Waals surface area contributed by atoms with Gasteiger partial charge in [-0.1, -0.05) is 54.6 Å². The first-order valence-electron chi connectivity index (χ1n) is 7.90. The lowest BCUT2D eigenvalue weighted by Gasteiger charge is -2.01. The number of carbonyl (C=O) groups excluding carboxylic acids is 2. The van der Waals surface area contributed by atoms with Crippen LogP contribution in [0.3, 0.4) is 0 Å². The number of benzene rings is 3. The molecular formula is C22H21FO2S. The number of carbonyl (C=O) groups is 2. The molecule has 2 nitrogen and oxygen atoms in total. The van der Waals surface area contributed by atoms with Crippen molar-refractivity contribution in [3.8, 4) is 11.1 Å². The molecule has 0 bridgehead atoms. The van der Waals surface area contributed by atoms with Crippen LogP contribution in [-0.4, -0.2) is 11.6 Å². The van der Waals surface area contributed by atoms with Gasteiger partial charge in [0.2, 0.25) is 0 Å². The summed E-state index contributed by atoms with van der Waals surface area (Å²) < 4.78 is 12.2. The molecule has 3 rings (SSSR count). The van der Waals surface area contributed by atoms with Crippen LogP contribution in [0.4, 0.5) is 4.39 Å². The summed E-state index contributed by atoms with van der Waals surface area (Å²) in [6, 6.07) is 23.3. The van der Waals surface area contributed by atoms with Crippen molar-refractivity contribution in [3.05, 3.63) is 95.8 Å². The Morgan fingerprint density at radius 3 is 1.42 bits per heavy atom. The van der Waals surface area contributed by atoms with Crippen LogP contribution in [0.25, 0.3) is 11.1 Å². The van der Waals surface area contributed by atoms with E-state index >= 15 is 0 Å². The summed E-state index contributed by atoms with van der Waals surface area (Å²) in [6.45, 7) is 3.03. The number of hydrogen-bond donors (Lipinski definition) is 0. The third kappa shape index (κ3) is 6.30. The van der Waals surface area contributed by atoms with Crippen LogP contribution in [0.15, 0.2) is 78.9 Å². The first kappa shape index (κ1) is 21.3. The molecule has 26 heavy (non-hydrogen) atoms. The van der Waals surface area contributed by atoms with Crippen molar-refractivity contribution < 1.29 is 14.0 Å². The normalized spacial score (nSPS) is 9.35. The topological polar surface area (TPSA) is 34.1 Å². The van der Waals surface area contributed by atoms with E-state index in [1.165, 1.54) is 36.8 Å². The Labute approximate surface area is 160 Å². The Bertz CT molecular complexity index is 842. The van der Waals surface area contributed by atoms with Crippen molar-refractivity contribution in [1.29, 1.82) is 0 Å². The Hall–Kier alpha value is -2.72. The number of rotatable bonds is 3. The SMILES string of the molecule is CC(=O)c1ccc(-c2ccccc2)cc1.CC(=O)c1ccc(F)cc1.S. The van der Waals surface area contributed by atoms with Crippen LogP contribution in [-0.2, 0) is 0 Å². The second-order valence-electron chi connectivity index (χ2n) is 5.56. The molecule has 0 aromatic heterocycles. The van der Waals surface area contributed by atoms with Crippen LogP contribution >= 0.6 is 13.5 Å². The maximum Gasteiger partial charge on any atom is 0.159 e. The largest absolute Gasteiger partial charge is 0.295 e. The molecule has 0 saturated carbocycles. The zero-order valence-corrected chi connectivity index (χ0v) is 15.7. The molecule has 0 atom stereocenters. The minimum atomic E-state index is -0.315. The smallest absolute Gasteiger partial charge is 0.159 e. The predicted molar refractivity (Wildman–Crippen MR) is 109 cm³/mol. The van der Waals surface area contributed by atoms with Crippen LogP contribution < -0.4 is 0 Å². The van der Waals surface area contributed by atoms with E-state index < -0.39 is 0 Å². The highest BCUT2D eigenvalue weighted by Gasteiger charge is 2.00. The number of halogens is 1. The number of hydrogen-bond acceptors (Lipinski definition) is 2. The standard InChI is InChI=1S/C14H12O.C8H7FO.H2S/c1-11(15)12-7-9-14(10-8-12)13-5-3-2-4-6-13;1-6(10)7-2-4-8(9)5-3-7;/h2-10H,1H3;2-5H,1H3;1H2. The number of Topliss-reactive ketones (excluding diaryl/α,β-unsaturated/α-hetero) is 2. The lowest BCUT2D eigenvalue weighted by atomic mass is 10.0. The first-order chi connectivity index (χ1) is 12.0. The maximum absolute atomic E-state index is 12.2. The summed E-state index contributed by atoms with van der Waals surface area (Å²) in [5.41, 5.74) is 3.62. The van der Waals surface area contributed by atoms with E-state index in [0.29, 0.717) is 5.56 Å². The van der Waals surface area contributed by atoms with Crippen molar-refractivity contribution in [3.63, 3.8) is 0 Å². The summed E-state index contributed by atoms with van der Waals surface area (Å²) in [4.78, 5) is 21.7. The van der Waals surface area contributed by atoms with E-state index in [0.717, 1.165) is 11.1 Å². The first-order valence-corrected chi connectivity index (χ1v) is 7.90. The molecule has 0 radical (unpaired) electrons. The molecule has 3 aromatic carbocycles. The molecule has 0 aliphatic heterocycles. The van der Waals surface area contributed by atoms with Gasteiger partial charge in [-0.25, -0.2) is 4.39 Å². The van der Waals surface area contributed by atoms with Gasteiger partial charge >= 0.3 is 0 Å². The lowest BCUT2D eigenvalue weighted by Crippen LogP contribution is -1.90. The van der Waals surface area contributed by atoms with Crippen LogP contribution in [0.1, 0.15) is 34.6 Å². The third-order valence-electron chi connectivity index (χ3n) is 3.65. The van der Waals surface area contributed by atoms with Crippen molar-refractivity contribution in [2.24, 2.45) is 0 Å². The molecule has 0 N–H and O–H groups in total. The van der Waals surface area contributed by atoms with Gasteiger partial charge in [0, 0.05) is 11.1 Å². The molecule has 0 unspecified atom stereocenters. The summed E-state index contributed by atoms with van der Waals surface area (Å²) in [5.74, 6) is -0.250. The molecular weight excluding hydrogens is 347 g/mol. The molecule has 0 saturated heterocycles. The van der Waals surface area contributed by atoms with Gasteiger partial charge in [-0.15, -0.1) is 0 Å². The van der Waals surface area contributed by atoms with Gasteiger partial charge < -0.3 is 0 Å². The molecule has 3 aromatic rings. The van der Waals surface area contributed by atoms with Gasteiger partial charge in [0.25, 0.3) is 0 Å². The van der Waals surface area contributed by atoms with E-state index in [9.17, 15) is 14.0 Å². The Morgan fingerprint density at radius 2 is 1.00 bits per heavy atom. The summed E-state index contributed by atoms with van der Waals surface area (Å²) in [7, 11) is 0. The monoisotopic (exact) mass is 368 g/mol. The zero-order chi connectivity index (χ0) is 18.2. The highest BCUT2D eigenvalue weighted by molar-refractivity contribution is 7.59. The van der Waals surface area contributed by atoms with Crippen molar-refractivity contribution in [2.45, 2.75) is 13.8 Å². The van der Waals surface area contributed by atoms with Crippen molar-refractivity contribution >= 4 is 25.1 Å². The van der Waals surface area contributed by atoms with Gasteiger partial charge in [-0.05, 0) is 49.2 Å². The fourth-order valence-corrected chi connectivity index (χ4v) is 2.21. The Balaban J connectivity index is 0.000000270. The second-order valence-corrected chi connectivity index (χ2v) is 5.56. The van der Waals surface area contributed by atoms with Crippen molar-refractivity contribution in [1.82, 2.24) is 0 Å². The average molecular weight is 368 g/mol. The highest BCUT2D eigenvalue weighted by Crippen LogP contribution is 2.19. The van der Waals surface area contributed by atoms with E-state index in [1.54, 1.807) is 6.92 Å². The van der Waals surface area contributed by atoms with Crippen LogP contribution in [0, 0.1) is 5.82 Å². The van der Waals surface area contributed by atoms with Gasteiger partial charge in [0.15, 0.2) is 11.6 Å². The van der Waals surface area contributed by atoms with E-state index in [2.05, 4.69) is 12.1 Å². The van der Waals surface area contributed by atoms with E-state index in [1.807, 2.05) is 42.5 Å². The minimum Gasteiger partial charge on any atom is -0.295 e. The molecule has 134 valence electrons. The summed E-state index contributed by atoms with van der Waals surface area (Å²) >= 11 is 0. The van der Waals surface area contributed by atoms with Crippen LogP contribution in [0.5, 0.6) is 0 Å². The van der Waals surface area contributed by atoms with Gasteiger partial charge in [0.1, 0.15) is 5.82 Å². The molecule has 0 heterocycles. The zero-order valence-electron chi connectivity index (χ0n) is 14.7. The maximum atomic E-state index is 12.2. The third-order valence-corrected chi connectivity index (χ3v) is 3.65. The lowest BCUT2D eigenvalue weighted by molar-refractivity contribution is 0.100. The van der Waals surface area contributed by atoms with Crippen molar-refractivity contribution in [2.75, 3.05) is 0 Å². The summed E-state index contributed by atoms with van der Waals surface area (Å²) in [5, 5.41) is 0. The van der Waals surface area contributed by atoms with Gasteiger partial charge in [0.05, 0.1) is 0 Å². The minimum absolute atomic E-state index is 0. The van der Waals surface area contributed by atoms with Gasteiger partial charge in [-0.3, -0.25) is 9.59 Å². The molecule has 0 amide bonds. The summed E-state index contributed by atoms with van der Waals surface area (Å²) in [6.07, 6.45) is 0. The highest BCUT2D eigenvalue weighted by atomic mass is 32.1. The predicted octanol–water partition coefficient (Wildman–Crippen LogP) is 5.70. The molecule has 0 fully saturated rings. The Kier molecular flexibility index (Phi) is 8.46. The van der Waals surface area contributed by atoms with E-state index in [4.69, 9.17) is 0 Å². The quantitative estimate of drug-likeness (QED) is 0.556. The fourth-order valence-electron chi connectivity index (χ4n) is 2.21. The second kappa shape index (κ2) is 10.3. The van der Waals surface area contributed by atoms with E-state index in [-0.39, 0.29) is 30.9 Å². The van der Waals surface area contributed by atoms with Crippen LogP contribution in [0.2, 0.25) is 0 Å². The molecule has 0 spiro atoms. The Morgan fingerprint density at radius 1 is 0.615 bits per heavy atom. The fraction of sp³-hybridized carbons (Fsp3) is 0.0909. The number of ketones is 2.